The highest BCUT2D eigenvalue weighted by Gasteiger charge is 2.44. The summed E-state index contributed by atoms with van der Waals surface area (Å²) in [6.07, 6.45) is 4.44. The van der Waals surface area contributed by atoms with Gasteiger partial charge in [0.2, 0.25) is 5.91 Å². The summed E-state index contributed by atoms with van der Waals surface area (Å²) in [5.41, 5.74) is 2.18. The number of benzene rings is 1. The largest absolute Gasteiger partial charge is 0.381 e. The lowest BCUT2D eigenvalue weighted by Gasteiger charge is -2.35. The molecule has 0 aliphatic carbocycles. The van der Waals surface area contributed by atoms with Crippen LogP contribution in [0.3, 0.4) is 0 Å². The van der Waals surface area contributed by atoms with Gasteiger partial charge in [0.1, 0.15) is 0 Å². The molecule has 0 aromatic heterocycles. The zero-order valence-corrected chi connectivity index (χ0v) is 14.7. The Hall–Kier alpha value is -1.35. The van der Waals surface area contributed by atoms with Gasteiger partial charge in [0.25, 0.3) is 0 Å². The molecule has 3 rings (SSSR count). The number of ether oxygens (including phenoxy) is 1. The minimum atomic E-state index is -0.465. The average molecular weight is 315 g/mol. The van der Waals surface area contributed by atoms with E-state index in [1.165, 1.54) is 12.0 Å². The Kier molecular flexibility index (Phi) is 4.50. The molecule has 0 N–H and O–H groups in total. The van der Waals surface area contributed by atoms with Gasteiger partial charge in [-0.05, 0) is 50.7 Å². The summed E-state index contributed by atoms with van der Waals surface area (Å²) in [7, 11) is 0. The summed E-state index contributed by atoms with van der Waals surface area (Å²) >= 11 is 0. The third-order valence-electron chi connectivity index (χ3n) is 5.75. The maximum atomic E-state index is 13.1. The Morgan fingerprint density at radius 3 is 2.61 bits per heavy atom. The second-order valence-electron chi connectivity index (χ2n) is 7.81. The van der Waals surface area contributed by atoms with E-state index >= 15 is 0 Å². The van der Waals surface area contributed by atoms with Crippen molar-refractivity contribution in [3.8, 4) is 0 Å². The summed E-state index contributed by atoms with van der Waals surface area (Å²) in [5, 5.41) is 0. The van der Waals surface area contributed by atoms with Gasteiger partial charge in [-0.15, -0.1) is 0 Å². The van der Waals surface area contributed by atoms with Crippen LogP contribution in [0.15, 0.2) is 24.3 Å². The lowest BCUT2D eigenvalue weighted by atomic mass is 9.81. The molecule has 1 spiro atoms. The molecule has 2 saturated heterocycles. The molecule has 3 heteroatoms. The Bertz CT molecular complexity index is 556. The van der Waals surface area contributed by atoms with E-state index in [9.17, 15) is 4.79 Å². The zero-order valence-electron chi connectivity index (χ0n) is 14.7. The van der Waals surface area contributed by atoms with Gasteiger partial charge in [-0.2, -0.15) is 0 Å². The number of hydrogen-bond donors (Lipinski definition) is 0. The molecule has 2 fully saturated rings. The van der Waals surface area contributed by atoms with E-state index in [1.54, 1.807) is 0 Å². The first kappa shape index (κ1) is 16.5. The number of nitrogens with zero attached hydrogens (tertiary/aromatic N) is 1. The van der Waals surface area contributed by atoms with Crippen molar-refractivity contribution in [3.05, 3.63) is 35.4 Å². The molecule has 3 nitrogen and oxygen atoms in total. The zero-order chi connectivity index (χ0) is 16.5. The average Bonchev–Trinajstić information content (AvgIpc) is 2.98. The topological polar surface area (TPSA) is 29.5 Å². The molecule has 1 aromatic carbocycles. The number of aryl methyl sites for hydroxylation is 1. The van der Waals surface area contributed by atoms with Gasteiger partial charge in [-0.25, -0.2) is 0 Å². The SMILES string of the molecule is CCc1ccc(C(C)(C)C(=O)N2CCC3(CCCOC3)C2)cc1. The molecular weight excluding hydrogens is 286 g/mol. The molecule has 23 heavy (non-hydrogen) atoms. The van der Waals surface area contributed by atoms with Crippen LogP contribution in [-0.2, 0) is 21.4 Å². The van der Waals surface area contributed by atoms with E-state index in [0.717, 1.165) is 51.1 Å². The molecule has 0 saturated carbocycles. The van der Waals surface area contributed by atoms with Crippen LogP contribution in [-0.4, -0.2) is 37.1 Å². The summed E-state index contributed by atoms with van der Waals surface area (Å²) in [4.78, 5) is 15.2. The molecule has 0 radical (unpaired) electrons. The van der Waals surface area contributed by atoms with Crippen molar-refractivity contribution in [2.45, 2.75) is 51.9 Å². The first-order valence-electron chi connectivity index (χ1n) is 8.93. The van der Waals surface area contributed by atoms with Crippen LogP contribution < -0.4 is 0 Å². The van der Waals surface area contributed by atoms with Gasteiger partial charge in [0.15, 0.2) is 0 Å². The van der Waals surface area contributed by atoms with E-state index in [-0.39, 0.29) is 11.3 Å². The Balaban J connectivity index is 1.73. The number of likely N-dealkylation sites (tertiary alicyclic amines) is 1. The highest BCUT2D eigenvalue weighted by atomic mass is 16.5. The molecule has 2 heterocycles. The maximum absolute atomic E-state index is 13.1. The number of rotatable bonds is 3. The molecule has 0 bridgehead atoms. The van der Waals surface area contributed by atoms with Crippen LogP contribution >= 0.6 is 0 Å². The van der Waals surface area contributed by atoms with Crippen molar-refractivity contribution < 1.29 is 9.53 Å². The standard InChI is InChI=1S/C20H29NO2/c1-4-16-6-8-17(9-7-16)19(2,3)18(22)21-12-11-20(14-21)10-5-13-23-15-20/h6-9H,4-5,10-15H2,1-3H3. The summed E-state index contributed by atoms with van der Waals surface area (Å²) < 4.78 is 5.69. The fourth-order valence-corrected chi connectivity index (χ4v) is 4.02. The van der Waals surface area contributed by atoms with Crippen molar-refractivity contribution >= 4 is 5.91 Å². The summed E-state index contributed by atoms with van der Waals surface area (Å²) in [6, 6.07) is 8.52. The van der Waals surface area contributed by atoms with Crippen LogP contribution in [0.5, 0.6) is 0 Å². The molecule has 1 atom stereocenters. The normalized spacial score (nSPS) is 25.1. The van der Waals surface area contributed by atoms with Crippen molar-refractivity contribution in [1.82, 2.24) is 4.90 Å². The molecule has 126 valence electrons. The quantitative estimate of drug-likeness (QED) is 0.853. The Labute approximate surface area is 140 Å². The number of hydrogen-bond acceptors (Lipinski definition) is 2. The van der Waals surface area contributed by atoms with Crippen molar-refractivity contribution in [1.29, 1.82) is 0 Å². The Morgan fingerprint density at radius 1 is 1.26 bits per heavy atom. The fraction of sp³-hybridized carbons (Fsp3) is 0.650. The van der Waals surface area contributed by atoms with Gasteiger partial charge in [0, 0.05) is 25.1 Å². The van der Waals surface area contributed by atoms with Crippen LogP contribution in [0.25, 0.3) is 0 Å². The van der Waals surface area contributed by atoms with Gasteiger partial charge in [0.05, 0.1) is 12.0 Å². The van der Waals surface area contributed by atoms with Crippen LogP contribution in [0.4, 0.5) is 0 Å². The van der Waals surface area contributed by atoms with Crippen molar-refractivity contribution in [2.24, 2.45) is 5.41 Å². The highest BCUT2D eigenvalue weighted by molar-refractivity contribution is 5.87. The van der Waals surface area contributed by atoms with Gasteiger partial charge in [-0.3, -0.25) is 4.79 Å². The smallest absolute Gasteiger partial charge is 0.232 e. The number of carbonyl (C=O) groups excluding carboxylic acids is 1. The fourth-order valence-electron chi connectivity index (χ4n) is 4.02. The minimum Gasteiger partial charge on any atom is -0.381 e. The molecule has 2 aliphatic heterocycles. The van der Waals surface area contributed by atoms with Gasteiger partial charge < -0.3 is 9.64 Å². The molecule has 2 aliphatic rings. The first-order valence-corrected chi connectivity index (χ1v) is 8.93. The minimum absolute atomic E-state index is 0.218. The van der Waals surface area contributed by atoms with E-state index in [1.807, 2.05) is 0 Å². The lowest BCUT2D eigenvalue weighted by molar-refractivity contribution is -0.136. The summed E-state index contributed by atoms with van der Waals surface area (Å²) in [5.74, 6) is 0.254. The second kappa shape index (κ2) is 6.27. The van der Waals surface area contributed by atoms with Crippen LogP contribution in [0.1, 0.15) is 51.2 Å². The highest BCUT2D eigenvalue weighted by Crippen LogP contribution is 2.39. The van der Waals surface area contributed by atoms with Crippen molar-refractivity contribution in [2.75, 3.05) is 26.3 Å². The first-order chi connectivity index (χ1) is 11.0. The monoisotopic (exact) mass is 315 g/mol. The van der Waals surface area contributed by atoms with Gasteiger partial charge >= 0.3 is 0 Å². The number of carbonyl (C=O) groups is 1. The summed E-state index contributed by atoms with van der Waals surface area (Å²) in [6.45, 7) is 9.70. The van der Waals surface area contributed by atoms with E-state index < -0.39 is 5.41 Å². The maximum Gasteiger partial charge on any atom is 0.232 e. The van der Waals surface area contributed by atoms with Crippen LogP contribution in [0, 0.1) is 5.41 Å². The molecule has 1 unspecified atom stereocenters. The van der Waals surface area contributed by atoms with Crippen LogP contribution in [0.2, 0.25) is 0 Å². The second-order valence-corrected chi connectivity index (χ2v) is 7.81. The predicted octanol–water partition coefficient (Wildman–Crippen LogP) is 3.56. The lowest BCUT2D eigenvalue weighted by Crippen LogP contribution is -2.44. The van der Waals surface area contributed by atoms with Gasteiger partial charge in [-0.1, -0.05) is 31.2 Å². The van der Waals surface area contributed by atoms with Crippen molar-refractivity contribution in [3.63, 3.8) is 0 Å². The molecule has 1 aromatic rings. The van der Waals surface area contributed by atoms with E-state index in [2.05, 4.69) is 49.9 Å². The Morgan fingerprint density at radius 2 is 2.00 bits per heavy atom. The molecule has 1 amide bonds. The third kappa shape index (κ3) is 3.16. The van der Waals surface area contributed by atoms with E-state index in [0.29, 0.717) is 0 Å². The molecular formula is C20H29NO2. The third-order valence-corrected chi connectivity index (χ3v) is 5.75. The predicted molar refractivity (Wildman–Crippen MR) is 92.5 cm³/mol. The number of amides is 1. The van der Waals surface area contributed by atoms with E-state index in [4.69, 9.17) is 4.74 Å².